The fourth-order valence-corrected chi connectivity index (χ4v) is 2.87. The Kier molecular flexibility index (Phi) is 4.11. The van der Waals surface area contributed by atoms with Crippen LogP contribution in [0.2, 0.25) is 0 Å². The molecule has 5 nitrogen and oxygen atoms in total. The summed E-state index contributed by atoms with van der Waals surface area (Å²) in [6.07, 6.45) is 0. The van der Waals surface area contributed by atoms with Gasteiger partial charge in [0.1, 0.15) is 11.4 Å². The molecular weight excluding hydrogens is 328 g/mol. The second-order valence-corrected chi connectivity index (χ2v) is 5.92. The average Bonchev–Trinajstić information content (AvgIpc) is 2.69. The second kappa shape index (κ2) is 6.72. The van der Waals surface area contributed by atoms with Gasteiger partial charge >= 0.3 is 0 Å². The second-order valence-electron chi connectivity index (χ2n) is 5.92. The third kappa shape index (κ3) is 3.15. The molecule has 1 heterocycles. The molecule has 2 amide bonds. The summed E-state index contributed by atoms with van der Waals surface area (Å²) in [5.74, 6) is 0.0433. The normalized spacial score (nSPS) is 12.5. The third-order valence-corrected chi connectivity index (χ3v) is 4.13. The number of anilines is 2. The zero-order valence-electron chi connectivity index (χ0n) is 13.9. The molecule has 0 aliphatic carbocycles. The van der Waals surface area contributed by atoms with Gasteiger partial charge in [-0.05, 0) is 35.4 Å². The molecule has 0 atom stereocenters. The molecule has 0 saturated heterocycles. The van der Waals surface area contributed by atoms with Gasteiger partial charge in [0.25, 0.3) is 11.8 Å². The average molecular weight is 344 g/mol. The van der Waals surface area contributed by atoms with Gasteiger partial charge in [0, 0.05) is 5.56 Å². The van der Waals surface area contributed by atoms with E-state index in [1.807, 2.05) is 48.5 Å². The van der Waals surface area contributed by atoms with Crippen LogP contribution in [0.4, 0.5) is 11.4 Å². The zero-order valence-corrected chi connectivity index (χ0v) is 13.9. The number of amides is 2. The summed E-state index contributed by atoms with van der Waals surface area (Å²) < 4.78 is 5.38. The standard InChI is InChI=1S/C21H16N2O3/c24-19-13-26-18-11-5-10-17(20(18)23-19)22-21(25)16-9-4-8-15(12-16)14-6-2-1-3-7-14/h1-12H,13H2,(H,22,25)(H,23,24). The fourth-order valence-electron chi connectivity index (χ4n) is 2.87. The van der Waals surface area contributed by atoms with E-state index in [1.54, 1.807) is 24.3 Å². The molecule has 26 heavy (non-hydrogen) atoms. The van der Waals surface area contributed by atoms with Gasteiger partial charge in [-0.15, -0.1) is 0 Å². The molecule has 0 unspecified atom stereocenters. The number of fused-ring (bicyclic) bond motifs is 1. The first-order valence-electron chi connectivity index (χ1n) is 8.23. The van der Waals surface area contributed by atoms with Gasteiger partial charge in [0.05, 0.1) is 5.69 Å². The van der Waals surface area contributed by atoms with E-state index in [2.05, 4.69) is 10.6 Å². The number of hydrogen-bond acceptors (Lipinski definition) is 3. The highest BCUT2D eigenvalue weighted by Crippen LogP contribution is 2.35. The van der Waals surface area contributed by atoms with E-state index in [9.17, 15) is 9.59 Å². The highest BCUT2D eigenvalue weighted by atomic mass is 16.5. The van der Waals surface area contributed by atoms with Crippen LogP contribution in [-0.2, 0) is 4.79 Å². The molecule has 0 fully saturated rings. The quantitative estimate of drug-likeness (QED) is 0.756. The highest BCUT2D eigenvalue weighted by Gasteiger charge is 2.20. The molecule has 1 aliphatic heterocycles. The molecule has 0 aromatic heterocycles. The first-order valence-corrected chi connectivity index (χ1v) is 8.23. The molecule has 0 bridgehead atoms. The lowest BCUT2D eigenvalue weighted by atomic mass is 10.0. The lowest BCUT2D eigenvalue weighted by Gasteiger charge is -2.20. The van der Waals surface area contributed by atoms with Crippen molar-refractivity contribution in [2.45, 2.75) is 0 Å². The van der Waals surface area contributed by atoms with Gasteiger partial charge in [0.15, 0.2) is 6.61 Å². The maximum Gasteiger partial charge on any atom is 0.262 e. The topological polar surface area (TPSA) is 67.4 Å². The van der Waals surface area contributed by atoms with E-state index in [0.717, 1.165) is 11.1 Å². The maximum atomic E-state index is 12.7. The predicted molar refractivity (Wildman–Crippen MR) is 100 cm³/mol. The smallest absolute Gasteiger partial charge is 0.262 e. The minimum Gasteiger partial charge on any atom is -0.481 e. The zero-order chi connectivity index (χ0) is 17.9. The van der Waals surface area contributed by atoms with Crippen LogP contribution in [-0.4, -0.2) is 18.4 Å². The molecule has 1 aliphatic rings. The monoisotopic (exact) mass is 344 g/mol. The van der Waals surface area contributed by atoms with Crippen molar-refractivity contribution in [3.8, 4) is 16.9 Å². The molecule has 3 aromatic carbocycles. The van der Waals surface area contributed by atoms with Crippen LogP contribution in [0.25, 0.3) is 11.1 Å². The Labute approximate surface area is 150 Å². The van der Waals surface area contributed by atoms with Crippen LogP contribution >= 0.6 is 0 Å². The van der Waals surface area contributed by atoms with Crippen LogP contribution in [0, 0.1) is 0 Å². The molecule has 2 N–H and O–H groups in total. The maximum absolute atomic E-state index is 12.7. The van der Waals surface area contributed by atoms with Crippen molar-refractivity contribution in [2.24, 2.45) is 0 Å². The number of rotatable bonds is 3. The van der Waals surface area contributed by atoms with E-state index in [-0.39, 0.29) is 18.4 Å². The Morgan fingerprint density at radius 3 is 2.54 bits per heavy atom. The molecule has 0 saturated carbocycles. The van der Waals surface area contributed by atoms with Gasteiger partial charge in [-0.25, -0.2) is 0 Å². The van der Waals surface area contributed by atoms with Crippen molar-refractivity contribution in [3.63, 3.8) is 0 Å². The first-order chi connectivity index (χ1) is 12.7. The largest absolute Gasteiger partial charge is 0.481 e. The summed E-state index contributed by atoms with van der Waals surface area (Å²) in [7, 11) is 0. The molecule has 3 aromatic rings. The Morgan fingerprint density at radius 2 is 1.69 bits per heavy atom. The number of carbonyl (C=O) groups excluding carboxylic acids is 2. The number of hydrogen-bond donors (Lipinski definition) is 2. The van der Waals surface area contributed by atoms with Crippen LogP contribution in [0.15, 0.2) is 72.8 Å². The van der Waals surface area contributed by atoms with Gasteiger partial charge < -0.3 is 15.4 Å². The van der Waals surface area contributed by atoms with E-state index in [1.165, 1.54) is 0 Å². The Morgan fingerprint density at radius 1 is 0.923 bits per heavy atom. The Balaban J connectivity index is 1.61. The van der Waals surface area contributed by atoms with Crippen molar-refractivity contribution in [1.29, 1.82) is 0 Å². The number of carbonyl (C=O) groups is 2. The fraction of sp³-hybridized carbons (Fsp3) is 0.0476. The van der Waals surface area contributed by atoms with Gasteiger partial charge in [-0.1, -0.05) is 48.5 Å². The van der Waals surface area contributed by atoms with Crippen LogP contribution in [0.3, 0.4) is 0 Å². The summed E-state index contributed by atoms with van der Waals surface area (Å²) in [5.41, 5.74) is 3.53. The Bertz CT molecular complexity index is 984. The summed E-state index contributed by atoms with van der Waals surface area (Å²) >= 11 is 0. The van der Waals surface area contributed by atoms with Gasteiger partial charge in [-0.2, -0.15) is 0 Å². The van der Waals surface area contributed by atoms with Crippen molar-refractivity contribution in [3.05, 3.63) is 78.4 Å². The summed E-state index contributed by atoms with van der Waals surface area (Å²) in [5, 5.41) is 5.60. The predicted octanol–water partition coefficient (Wildman–Crippen LogP) is 3.94. The molecule has 4 rings (SSSR count). The molecule has 0 radical (unpaired) electrons. The van der Waals surface area contributed by atoms with Crippen molar-refractivity contribution < 1.29 is 14.3 Å². The third-order valence-electron chi connectivity index (χ3n) is 4.13. The lowest BCUT2D eigenvalue weighted by Crippen LogP contribution is -2.26. The number of para-hydroxylation sites is 1. The van der Waals surface area contributed by atoms with Crippen molar-refractivity contribution in [2.75, 3.05) is 17.2 Å². The van der Waals surface area contributed by atoms with E-state index >= 15 is 0 Å². The molecule has 128 valence electrons. The number of ether oxygens (including phenoxy) is 1. The van der Waals surface area contributed by atoms with Crippen molar-refractivity contribution >= 4 is 23.2 Å². The molecule has 0 spiro atoms. The van der Waals surface area contributed by atoms with E-state index in [0.29, 0.717) is 22.7 Å². The summed E-state index contributed by atoms with van der Waals surface area (Å²) in [6.45, 7) is -0.0243. The number of benzene rings is 3. The minimum atomic E-state index is -0.254. The first kappa shape index (κ1) is 15.9. The van der Waals surface area contributed by atoms with Crippen LogP contribution in [0.5, 0.6) is 5.75 Å². The SMILES string of the molecule is O=C1COc2cccc(NC(=O)c3cccc(-c4ccccc4)c3)c2N1. The summed E-state index contributed by atoms with van der Waals surface area (Å²) in [6, 6.07) is 22.5. The van der Waals surface area contributed by atoms with Gasteiger partial charge in [-0.3, -0.25) is 9.59 Å². The van der Waals surface area contributed by atoms with E-state index in [4.69, 9.17) is 4.74 Å². The van der Waals surface area contributed by atoms with Crippen molar-refractivity contribution in [1.82, 2.24) is 0 Å². The van der Waals surface area contributed by atoms with Crippen LogP contribution < -0.4 is 15.4 Å². The molecular formula is C21H16N2O3. The van der Waals surface area contributed by atoms with E-state index < -0.39 is 0 Å². The summed E-state index contributed by atoms with van der Waals surface area (Å²) in [4.78, 5) is 24.3. The number of nitrogens with one attached hydrogen (secondary N) is 2. The highest BCUT2D eigenvalue weighted by molar-refractivity contribution is 6.09. The lowest BCUT2D eigenvalue weighted by molar-refractivity contribution is -0.118. The Hall–Kier alpha value is -3.60. The molecule has 5 heteroatoms. The minimum absolute atomic E-state index is 0.0243. The van der Waals surface area contributed by atoms with Gasteiger partial charge in [0.2, 0.25) is 0 Å². The van der Waals surface area contributed by atoms with Crippen LogP contribution in [0.1, 0.15) is 10.4 Å².